The van der Waals surface area contributed by atoms with Gasteiger partial charge in [0.15, 0.2) is 11.6 Å². The highest BCUT2D eigenvalue weighted by atomic mass is 19.1. The summed E-state index contributed by atoms with van der Waals surface area (Å²) >= 11 is 0. The predicted molar refractivity (Wildman–Crippen MR) is 65.0 cm³/mol. The van der Waals surface area contributed by atoms with Crippen LogP contribution >= 0.6 is 0 Å². The third kappa shape index (κ3) is 3.09. The first-order chi connectivity index (χ1) is 7.35. The second kappa shape index (κ2) is 4.69. The molecule has 0 N–H and O–H groups in total. The number of rotatable bonds is 3. The second-order valence-corrected chi connectivity index (χ2v) is 4.72. The van der Waals surface area contributed by atoms with Crippen molar-refractivity contribution in [3.8, 4) is 5.75 Å². The van der Waals surface area contributed by atoms with Crippen LogP contribution in [0, 0.1) is 11.7 Å². The number of hydrogen-bond acceptors (Lipinski definition) is 1. The topological polar surface area (TPSA) is 9.23 Å². The lowest BCUT2D eigenvalue weighted by Gasteiger charge is -2.22. The van der Waals surface area contributed by atoms with Crippen LogP contribution in [0.3, 0.4) is 0 Å². The van der Waals surface area contributed by atoms with Gasteiger partial charge in [0.2, 0.25) is 0 Å². The van der Waals surface area contributed by atoms with E-state index in [1.807, 2.05) is 27.7 Å². The summed E-state index contributed by atoms with van der Waals surface area (Å²) < 4.78 is 19.6. The maximum absolute atomic E-state index is 14.0. The largest absolute Gasteiger partial charge is 0.485 e. The standard InChI is InChI=1S/C14H18FO/c1-6-10(2)11-8-7-9-12(13(11)15)16-14(3,4)5/h6-9H,1H2,2-5H3. The molecule has 0 saturated heterocycles. The molecule has 0 heterocycles. The maximum Gasteiger partial charge on any atom is 0.169 e. The van der Waals surface area contributed by atoms with Gasteiger partial charge < -0.3 is 4.74 Å². The van der Waals surface area contributed by atoms with Gasteiger partial charge in [-0.15, -0.1) is 6.58 Å². The Labute approximate surface area is 96.9 Å². The highest BCUT2D eigenvalue weighted by molar-refractivity contribution is 5.42. The summed E-state index contributed by atoms with van der Waals surface area (Å²) in [6, 6.07) is 5.15. The van der Waals surface area contributed by atoms with Gasteiger partial charge in [-0.1, -0.05) is 25.1 Å². The van der Waals surface area contributed by atoms with Gasteiger partial charge in [0.25, 0.3) is 0 Å². The molecule has 87 valence electrons. The average Bonchev–Trinajstić information content (AvgIpc) is 2.18. The SMILES string of the molecule is C=C[C](C)c1cccc(OC(C)(C)C)c1F. The second-order valence-electron chi connectivity index (χ2n) is 4.72. The molecule has 1 rings (SSSR count). The molecule has 1 nitrogen and oxygen atoms in total. The van der Waals surface area contributed by atoms with Gasteiger partial charge in [-0.2, -0.15) is 0 Å². The molecule has 0 atom stereocenters. The highest BCUT2D eigenvalue weighted by Gasteiger charge is 2.18. The average molecular weight is 221 g/mol. The minimum atomic E-state index is -0.401. The summed E-state index contributed by atoms with van der Waals surface area (Å²) in [6.45, 7) is 11.1. The number of hydrogen-bond donors (Lipinski definition) is 0. The lowest BCUT2D eigenvalue weighted by Crippen LogP contribution is -2.23. The molecule has 0 fully saturated rings. The van der Waals surface area contributed by atoms with Crippen LogP contribution in [0.4, 0.5) is 4.39 Å². The van der Waals surface area contributed by atoms with Crippen molar-refractivity contribution in [3.63, 3.8) is 0 Å². The van der Waals surface area contributed by atoms with Crippen LogP contribution in [0.25, 0.3) is 0 Å². The van der Waals surface area contributed by atoms with E-state index in [0.29, 0.717) is 5.56 Å². The molecular formula is C14H18FO. The highest BCUT2D eigenvalue weighted by Crippen LogP contribution is 2.28. The summed E-state index contributed by atoms with van der Waals surface area (Å²) in [5, 5.41) is 0. The van der Waals surface area contributed by atoms with Gasteiger partial charge in [0, 0.05) is 11.5 Å². The van der Waals surface area contributed by atoms with E-state index >= 15 is 0 Å². The van der Waals surface area contributed by atoms with E-state index in [1.54, 1.807) is 24.3 Å². The molecule has 16 heavy (non-hydrogen) atoms. The molecule has 1 aromatic carbocycles. The predicted octanol–water partition coefficient (Wildman–Crippen LogP) is 4.13. The normalized spacial score (nSPS) is 11.6. The van der Waals surface area contributed by atoms with E-state index in [9.17, 15) is 4.39 Å². The van der Waals surface area contributed by atoms with Crippen molar-refractivity contribution in [3.05, 3.63) is 48.2 Å². The summed E-state index contributed by atoms with van der Waals surface area (Å²) in [7, 11) is 0. The van der Waals surface area contributed by atoms with Crippen molar-refractivity contribution in [2.75, 3.05) is 0 Å². The number of allylic oxidation sites excluding steroid dienone is 1. The molecule has 0 aliphatic carbocycles. The van der Waals surface area contributed by atoms with E-state index in [0.717, 1.165) is 5.92 Å². The number of benzene rings is 1. The molecule has 1 aromatic rings. The number of ether oxygens (including phenoxy) is 1. The molecule has 0 aliphatic rings. The van der Waals surface area contributed by atoms with Gasteiger partial charge in [0.05, 0.1) is 0 Å². The van der Waals surface area contributed by atoms with Crippen molar-refractivity contribution >= 4 is 0 Å². The van der Waals surface area contributed by atoms with E-state index < -0.39 is 5.60 Å². The minimum Gasteiger partial charge on any atom is -0.485 e. The van der Waals surface area contributed by atoms with Gasteiger partial charge in [-0.05, 0) is 26.8 Å². The van der Waals surface area contributed by atoms with Crippen molar-refractivity contribution in [2.45, 2.75) is 33.3 Å². The molecule has 2 heteroatoms. The van der Waals surface area contributed by atoms with Gasteiger partial charge in [-0.25, -0.2) is 4.39 Å². The van der Waals surface area contributed by atoms with Crippen molar-refractivity contribution < 1.29 is 9.13 Å². The molecule has 1 radical (unpaired) electrons. The van der Waals surface area contributed by atoms with Crippen molar-refractivity contribution in [1.82, 2.24) is 0 Å². The molecule has 0 amide bonds. The monoisotopic (exact) mass is 221 g/mol. The fraction of sp³-hybridized carbons (Fsp3) is 0.357. The summed E-state index contributed by atoms with van der Waals surface area (Å²) in [5.74, 6) is 0.762. The maximum atomic E-state index is 14.0. The fourth-order valence-electron chi connectivity index (χ4n) is 1.33. The third-order valence-corrected chi connectivity index (χ3v) is 2.11. The van der Waals surface area contributed by atoms with Crippen LogP contribution in [0.15, 0.2) is 30.9 Å². The first kappa shape index (κ1) is 12.8. The Balaban J connectivity index is 3.09. The Bertz CT molecular complexity index is 377. The zero-order chi connectivity index (χ0) is 12.3. The van der Waals surface area contributed by atoms with Crippen LogP contribution in [0.2, 0.25) is 0 Å². The van der Waals surface area contributed by atoms with Crippen molar-refractivity contribution in [2.24, 2.45) is 0 Å². The molecule has 0 saturated carbocycles. The number of halogens is 1. The third-order valence-electron chi connectivity index (χ3n) is 2.11. The van der Waals surface area contributed by atoms with Gasteiger partial charge in [0.1, 0.15) is 5.60 Å². The van der Waals surface area contributed by atoms with Gasteiger partial charge in [-0.3, -0.25) is 0 Å². The Kier molecular flexibility index (Phi) is 3.74. The first-order valence-electron chi connectivity index (χ1n) is 5.29. The Morgan fingerprint density at radius 1 is 1.38 bits per heavy atom. The van der Waals surface area contributed by atoms with Crippen LogP contribution in [0.5, 0.6) is 5.75 Å². The first-order valence-corrected chi connectivity index (χ1v) is 5.29. The van der Waals surface area contributed by atoms with E-state index in [4.69, 9.17) is 4.74 Å². The summed E-state index contributed by atoms with van der Waals surface area (Å²) in [6.07, 6.45) is 1.64. The summed E-state index contributed by atoms with van der Waals surface area (Å²) in [4.78, 5) is 0. The fourth-order valence-corrected chi connectivity index (χ4v) is 1.33. The zero-order valence-corrected chi connectivity index (χ0v) is 10.3. The van der Waals surface area contributed by atoms with E-state index in [-0.39, 0.29) is 11.6 Å². The van der Waals surface area contributed by atoms with Crippen LogP contribution < -0.4 is 4.74 Å². The molecule has 0 aliphatic heterocycles. The van der Waals surface area contributed by atoms with Gasteiger partial charge >= 0.3 is 0 Å². The molecule has 0 bridgehead atoms. The smallest absolute Gasteiger partial charge is 0.169 e. The summed E-state index contributed by atoms with van der Waals surface area (Å²) in [5.41, 5.74) is 0.137. The molecule has 0 aromatic heterocycles. The van der Waals surface area contributed by atoms with Crippen LogP contribution in [0.1, 0.15) is 33.3 Å². The van der Waals surface area contributed by atoms with E-state index in [1.165, 1.54) is 0 Å². The minimum absolute atomic E-state index is 0.284. The lowest BCUT2D eigenvalue weighted by molar-refractivity contribution is 0.124. The van der Waals surface area contributed by atoms with Crippen LogP contribution in [-0.4, -0.2) is 5.60 Å². The van der Waals surface area contributed by atoms with Crippen molar-refractivity contribution in [1.29, 1.82) is 0 Å². The molecule has 0 unspecified atom stereocenters. The Morgan fingerprint density at radius 2 is 2.00 bits per heavy atom. The Hall–Kier alpha value is -1.31. The molecule has 0 spiro atoms. The van der Waals surface area contributed by atoms with E-state index in [2.05, 4.69) is 6.58 Å². The quantitative estimate of drug-likeness (QED) is 0.745. The Morgan fingerprint density at radius 3 is 2.50 bits per heavy atom. The lowest BCUT2D eigenvalue weighted by atomic mass is 10.0. The molecular weight excluding hydrogens is 203 g/mol. The van der Waals surface area contributed by atoms with Crippen LogP contribution in [-0.2, 0) is 0 Å². The zero-order valence-electron chi connectivity index (χ0n) is 10.3.